The number of hydrogen-bond acceptors (Lipinski definition) is 5. The second kappa shape index (κ2) is 8.50. The molecule has 174 valence electrons. The summed E-state index contributed by atoms with van der Waals surface area (Å²) in [5.74, 6) is -1.74. The fraction of sp³-hybridized carbons (Fsp3) is 0.115. The molecular weight excluding hydrogens is 509 g/mol. The Labute approximate surface area is 215 Å². The third kappa shape index (κ3) is 3.56. The van der Waals surface area contributed by atoms with E-state index >= 15 is 0 Å². The van der Waals surface area contributed by atoms with Crippen molar-refractivity contribution in [3.05, 3.63) is 99.6 Å². The number of fused-ring (bicyclic) bond motifs is 2. The molecule has 6 nitrogen and oxygen atoms in total. The number of carbonyl (C=O) groups excluding carboxylic acids is 2. The van der Waals surface area contributed by atoms with E-state index in [0.29, 0.717) is 22.0 Å². The zero-order chi connectivity index (χ0) is 24.3. The van der Waals surface area contributed by atoms with Crippen LogP contribution in [0.2, 0.25) is 15.2 Å². The number of hydroxylamine groups is 1. The van der Waals surface area contributed by atoms with Crippen LogP contribution in [0.5, 0.6) is 0 Å². The van der Waals surface area contributed by atoms with Crippen LogP contribution < -0.4 is 9.96 Å². The van der Waals surface area contributed by atoms with Crippen LogP contribution in [0.4, 0.5) is 11.4 Å². The van der Waals surface area contributed by atoms with Crippen LogP contribution >= 0.6 is 34.8 Å². The van der Waals surface area contributed by atoms with Crippen molar-refractivity contribution in [1.82, 2.24) is 4.98 Å². The van der Waals surface area contributed by atoms with E-state index in [4.69, 9.17) is 39.6 Å². The van der Waals surface area contributed by atoms with Crippen molar-refractivity contribution in [3.8, 4) is 0 Å². The highest BCUT2D eigenvalue weighted by Gasteiger charge is 2.60. The summed E-state index contributed by atoms with van der Waals surface area (Å²) in [4.78, 5) is 39.1. The molecule has 4 aromatic rings. The molecule has 0 radical (unpaired) electrons. The number of carbonyl (C=O) groups is 2. The number of amides is 2. The molecule has 3 aromatic carbocycles. The fourth-order valence-electron chi connectivity index (χ4n) is 4.72. The summed E-state index contributed by atoms with van der Waals surface area (Å²) < 4.78 is 0. The van der Waals surface area contributed by atoms with Crippen molar-refractivity contribution in [2.45, 2.75) is 12.1 Å². The predicted molar refractivity (Wildman–Crippen MR) is 136 cm³/mol. The van der Waals surface area contributed by atoms with Crippen LogP contribution in [-0.2, 0) is 14.4 Å². The minimum absolute atomic E-state index is 0.243. The standard InChI is InChI=1S/C26H16Cl3N3O3/c27-18-11-10-16(13-19(18)28)31-25(33)21-22(17-12-14-6-4-5-9-20(14)30-24(17)29)32(35-23(21)26(31)34)15-7-2-1-3-8-15/h1-13,21-23H. The van der Waals surface area contributed by atoms with Crippen LogP contribution in [0, 0.1) is 5.92 Å². The van der Waals surface area contributed by atoms with Gasteiger partial charge in [-0.1, -0.05) is 71.2 Å². The Morgan fingerprint density at radius 3 is 2.29 bits per heavy atom. The van der Waals surface area contributed by atoms with Gasteiger partial charge >= 0.3 is 0 Å². The lowest BCUT2D eigenvalue weighted by Gasteiger charge is -2.29. The first-order valence-electron chi connectivity index (χ1n) is 10.8. The molecule has 0 spiro atoms. The van der Waals surface area contributed by atoms with E-state index in [-0.39, 0.29) is 10.2 Å². The lowest BCUT2D eigenvalue weighted by molar-refractivity contribution is -0.126. The summed E-state index contributed by atoms with van der Waals surface area (Å²) in [6.45, 7) is 0. The Hall–Kier alpha value is -3.16. The SMILES string of the molecule is O=C1C2ON(c3ccccc3)C(c3cc4ccccc4nc3Cl)C2C(=O)N1c1ccc(Cl)c(Cl)c1. The van der Waals surface area contributed by atoms with Gasteiger partial charge in [0.05, 0.1) is 33.0 Å². The topological polar surface area (TPSA) is 62.7 Å². The van der Waals surface area contributed by atoms with E-state index in [1.807, 2.05) is 60.7 Å². The summed E-state index contributed by atoms with van der Waals surface area (Å²) >= 11 is 18.9. The zero-order valence-corrected chi connectivity index (χ0v) is 20.2. The average molecular weight is 525 g/mol. The second-order valence-corrected chi connectivity index (χ2v) is 9.50. The van der Waals surface area contributed by atoms with Crippen LogP contribution in [-0.4, -0.2) is 22.9 Å². The van der Waals surface area contributed by atoms with Gasteiger partial charge in [0.2, 0.25) is 5.91 Å². The summed E-state index contributed by atoms with van der Waals surface area (Å²) in [6, 6.07) is 22.7. The van der Waals surface area contributed by atoms with Crippen LogP contribution in [0.25, 0.3) is 10.9 Å². The van der Waals surface area contributed by atoms with Crippen molar-refractivity contribution in [1.29, 1.82) is 0 Å². The van der Waals surface area contributed by atoms with Gasteiger partial charge in [-0.2, -0.15) is 0 Å². The van der Waals surface area contributed by atoms with Crippen LogP contribution in [0.15, 0.2) is 78.9 Å². The number of rotatable bonds is 3. The van der Waals surface area contributed by atoms with Gasteiger partial charge in [-0.25, -0.2) is 14.9 Å². The van der Waals surface area contributed by atoms with Crippen molar-refractivity contribution in [3.63, 3.8) is 0 Å². The molecule has 3 atom stereocenters. The quantitative estimate of drug-likeness (QED) is 0.234. The highest BCUT2D eigenvalue weighted by molar-refractivity contribution is 6.42. The number of anilines is 2. The Morgan fingerprint density at radius 2 is 1.51 bits per heavy atom. The van der Waals surface area contributed by atoms with E-state index < -0.39 is 29.9 Å². The third-order valence-corrected chi connectivity index (χ3v) is 7.35. The summed E-state index contributed by atoms with van der Waals surface area (Å²) in [5.41, 5.74) is 2.35. The average Bonchev–Trinajstić information content (AvgIpc) is 3.37. The molecule has 2 amide bonds. The first-order valence-corrected chi connectivity index (χ1v) is 12.0. The first kappa shape index (κ1) is 22.3. The molecule has 3 heterocycles. The minimum Gasteiger partial charge on any atom is -0.273 e. The number of nitrogens with zero attached hydrogens (tertiary/aromatic N) is 3. The molecule has 2 fully saturated rings. The molecule has 1 aromatic heterocycles. The van der Waals surface area contributed by atoms with Gasteiger partial charge in [-0.05, 0) is 42.5 Å². The second-order valence-electron chi connectivity index (χ2n) is 8.33. The molecule has 6 rings (SSSR count). The minimum atomic E-state index is -1.04. The summed E-state index contributed by atoms with van der Waals surface area (Å²) in [6.07, 6.45) is -1.04. The number of imide groups is 1. The first-order chi connectivity index (χ1) is 16.9. The van der Waals surface area contributed by atoms with Crippen molar-refractivity contribution < 1.29 is 14.4 Å². The van der Waals surface area contributed by atoms with Crippen LogP contribution in [0.3, 0.4) is 0 Å². The third-order valence-electron chi connectivity index (χ3n) is 6.31. The number of halogens is 3. The molecule has 0 aliphatic carbocycles. The molecule has 2 aliphatic heterocycles. The van der Waals surface area contributed by atoms with Gasteiger partial charge in [-0.3, -0.25) is 14.4 Å². The molecule has 3 unspecified atom stereocenters. The maximum absolute atomic E-state index is 13.8. The van der Waals surface area contributed by atoms with E-state index in [1.54, 1.807) is 17.2 Å². The monoisotopic (exact) mass is 523 g/mol. The lowest BCUT2D eigenvalue weighted by atomic mass is 9.90. The van der Waals surface area contributed by atoms with Crippen LogP contribution in [0.1, 0.15) is 11.6 Å². The van der Waals surface area contributed by atoms with Gasteiger partial charge in [0.1, 0.15) is 11.1 Å². The number of para-hydroxylation sites is 2. The summed E-state index contributed by atoms with van der Waals surface area (Å²) in [7, 11) is 0. The van der Waals surface area contributed by atoms with Crippen molar-refractivity contribution in [2.75, 3.05) is 9.96 Å². The normalized spacial score (nSPS) is 21.7. The Morgan fingerprint density at radius 1 is 0.771 bits per heavy atom. The van der Waals surface area contributed by atoms with Gasteiger partial charge < -0.3 is 0 Å². The van der Waals surface area contributed by atoms with E-state index in [2.05, 4.69) is 4.98 Å². The van der Waals surface area contributed by atoms with Crippen molar-refractivity contribution in [2.24, 2.45) is 5.92 Å². The smallest absolute Gasteiger partial charge is 0.266 e. The molecule has 0 saturated carbocycles. The van der Waals surface area contributed by atoms with E-state index in [9.17, 15) is 9.59 Å². The maximum atomic E-state index is 13.8. The lowest BCUT2D eigenvalue weighted by Crippen LogP contribution is -2.37. The highest BCUT2D eigenvalue weighted by atomic mass is 35.5. The Kier molecular flexibility index (Phi) is 5.42. The molecule has 9 heteroatoms. The molecule has 0 bridgehead atoms. The number of benzene rings is 3. The number of pyridine rings is 1. The van der Waals surface area contributed by atoms with Gasteiger partial charge in [0.25, 0.3) is 5.91 Å². The largest absolute Gasteiger partial charge is 0.273 e. The fourth-order valence-corrected chi connectivity index (χ4v) is 5.27. The van der Waals surface area contributed by atoms with Gasteiger partial charge in [-0.15, -0.1) is 0 Å². The van der Waals surface area contributed by atoms with Gasteiger partial charge in [0.15, 0.2) is 6.10 Å². The van der Waals surface area contributed by atoms with Crippen molar-refractivity contribution >= 4 is 68.9 Å². The Balaban J connectivity index is 1.49. The zero-order valence-electron chi connectivity index (χ0n) is 17.9. The molecule has 0 N–H and O–H groups in total. The van der Waals surface area contributed by atoms with E-state index in [1.165, 1.54) is 6.07 Å². The molecule has 2 aliphatic rings. The predicted octanol–water partition coefficient (Wildman–Crippen LogP) is 6.25. The number of aromatic nitrogens is 1. The molecule has 35 heavy (non-hydrogen) atoms. The molecule has 2 saturated heterocycles. The Bertz CT molecular complexity index is 1500. The maximum Gasteiger partial charge on any atom is 0.266 e. The molecular formula is C26H16Cl3N3O3. The highest BCUT2D eigenvalue weighted by Crippen LogP contribution is 2.49. The summed E-state index contributed by atoms with van der Waals surface area (Å²) in [5, 5.41) is 3.27. The van der Waals surface area contributed by atoms with Gasteiger partial charge in [0, 0.05) is 10.9 Å². The van der Waals surface area contributed by atoms with E-state index in [0.717, 1.165) is 15.8 Å². The number of hydrogen-bond donors (Lipinski definition) is 0.